The van der Waals surface area contributed by atoms with E-state index in [1.165, 1.54) is 0 Å². The zero-order valence-corrected chi connectivity index (χ0v) is 5.19. The van der Waals surface area contributed by atoms with Gasteiger partial charge in [0.2, 0.25) is 0 Å². The van der Waals surface area contributed by atoms with Crippen molar-refractivity contribution in [2.24, 2.45) is 0 Å². The van der Waals surface area contributed by atoms with Gasteiger partial charge < -0.3 is 4.74 Å². The van der Waals surface area contributed by atoms with E-state index in [1.54, 1.807) is 7.11 Å². The molecule has 0 aliphatic rings. The molecule has 0 saturated carbocycles. The van der Waals surface area contributed by atoms with Crippen LogP contribution in [0.25, 0.3) is 0 Å². The first-order valence-corrected chi connectivity index (χ1v) is 2.37. The average Bonchev–Trinajstić information content (AvgIpc) is 1.68. The largest absolute Gasteiger partial charge is 0.379 e. The molecule has 0 spiro atoms. The van der Waals surface area contributed by atoms with E-state index in [4.69, 9.17) is 11.7 Å². The maximum Gasteiger partial charge on any atom is 0.0625 e. The summed E-state index contributed by atoms with van der Waals surface area (Å²) in [7, 11) is 1.66. The van der Waals surface area contributed by atoms with Gasteiger partial charge in [0.05, 0.1) is 5.60 Å². The summed E-state index contributed by atoms with van der Waals surface area (Å²) >= 11 is 0. The first kappa shape index (κ1) is 6.96. The van der Waals surface area contributed by atoms with E-state index < -0.39 is 0 Å². The molecule has 0 aromatic carbocycles. The van der Waals surface area contributed by atoms with Crippen LogP contribution in [0.2, 0.25) is 0 Å². The summed E-state index contributed by atoms with van der Waals surface area (Å²) in [5.74, 6) is 0. The summed E-state index contributed by atoms with van der Waals surface area (Å²) in [6.45, 7) is 9.19. The van der Waals surface area contributed by atoms with Gasteiger partial charge in [-0.05, 0) is 27.2 Å². The smallest absolute Gasteiger partial charge is 0.0625 e. The van der Waals surface area contributed by atoms with Gasteiger partial charge in [-0.25, -0.2) is 0 Å². The molecule has 1 heteroatoms. The second kappa shape index (κ2) is 2.31. The molecule has 0 N–H and O–H groups in total. The number of rotatable bonds is 2. The molecular weight excluding hydrogens is 88.1 g/mol. The van der Waals surface area contributed by atoms with Crippen molar-refractivity contribution in [2.45, 2.75) is 25.9 Å². The SMILES string of the molecule is [CH]CC(C)(C)OC. The normalized spacial score (nSPS) is 12.0. The van der Waals surface area contributed by atoms with Gasteiger partial charge in [-0.2, -0.15) is 0 Å². The summed E-state index contributed by atoms with van der Waals surface area (Å²) in [5.41, 5.74) is -0.139. The molecule has 2 radical (unpaired) electrons. The van der Waals surface area contributed by atoms with Crippen molar-refractivity contribution in [1.29, 1.82) is 0 Å². The molecule has 0 atom stereocenters. The van der Waals surface area contributed by atoms with E-state index in [9.17, 15) is 0 Å². The number of hydrogen-bond donors (Lipinski definition) is 0. The lowest BCUT2D eigenvalue weighted by Gasteiger charge is -2.19. The maximum atomic E-state index is 5.29. The van der Waals surface area contributed by atoms with Gasteiger partial charge >= 0.3 is 0 Å². The summed E-state index contributed by atoms with van der Waals surface area (Å²) in [6.07, 6.45) is 0.573. The monoisotopic (exact) mass is 100 g/mol. The lowest BCUT2D eigenvalue weighted by molar-refractivity contribution is 0.0249. The predicted molar refractivity (Wildman–Crippen MR) is 30.0 cm³/mol. The third kappa shape index (κ3) is 2.63. The van der Waals surface area contributed by atoms with Crippen LogP contribution in [0.5, 0.6) is 0 Å². The molecule has 0 amide bonds. The fraction of sp³-hybridized carbons (Fsp3) is 0.833. The fourth-order valence-corrected chi connectivity index (χ4v) is 0.0833. The van der Waals surface area contributed by atoms with Crippen LogP contribution in [0.15, 0.2) is 0 Å². The second-order valence-corrected chi connectivity index (χ2v) is 2.17. The predicted octanol–water partition coefficient (Wildman–Crippen LogP) is 1.51. The molecule has 7 heavy (non-hydrogen) atoms. The molecule has 0 aliphatic carbocycles. The van der Waals surface area contributed by atoms with Crippen molar-refractivity contribution in [3.05, 3.63) is 6.92 Å². The van der Waals surface area contributed by atoms with Gasteiger partial charge in [0.15, 0.2) is 0 Å². The Kier molecular flexibility index (Phi) is 2.30. The Balaban J connectivity index is 3.36. The third-order valence-corrected chi connectivity index (χ3v) is 1.04. The van der Waals surface area contributed by atoms with Crippen molar-refractivity contribution in [2.75, 3.05) is 7.11 Å². The topological polar surface area (TPSA) is 9.23 Å². The summed E-state index contributed by atoms with van der Waals surface area (Å²) in [5, 5.41) is 0. The summed E-state index contributed by atoms with van der Waals surface area (Å²) < 4.78 is 4.96. The van der Waals surface area contributed by atoms with Gasteiger partial charge in [-0.3, -0.25) is 0 Å². The highest BCUT2D eigenvalue weighted by Gasteiger charge is 2.11. The van der Waals surface area contributed by atoms with Gasteiger partial charge in [0, 0.05) is 7.11 Å². The highest BCUT2D eigenvalue weighted by molar-refractivity contribution is 4.67. The van der Waals surface area contributed by atoms with E-state index in [0.717, 1.165) is 0 Å². The molecule has 0 unspecified atom stereocenters. The van der Waals surface area contributed by atoms with Crippen molar-refractivity contribution >= 4 is 0 Å². The molecule has 0 rings (SSSR count). The molecule has 0 bridgehead atoms. The van der Waals surface area contributed by atoms with Gasteiger partial charge in [0.25, 0.3) is 0 Å². The van der Waals surface area contributed by atoms with E-state index >= 15 is 0 Å². The molecule has 0 fully saturated rings. The van der Waals surface area contributed by atoms with E-state index in [2.05, 4.69) is 0 Å². The van der Waals surface area contributed by atoms with Crippen molar-refractivity contribution in [3.63, 3.8) is 0 Å². The zero-order valence-electron chi connectivity index (χ0n) is 5.19. The van der Waals surface area contributed by atoms with Crippen LogP contribution in [-0.4, -0.2) is 12.7 Å². The zero-order chi connectivity index (χ0) is 5.91. The Labute approximate surface area is 45.7 Å². The Bertz CT molecular complexity index is 42.1. The maximum absolute atomic E-state index is 5.29. The summed E-state index contributed by atoms with van der Waals surface area (Å²) in [6, 6.07) is 0. The van der Waals surface area contributed by atoms with Crippen LogP contribution < -0.4 is 0 Å². The molecule has 0 heterocycles. The quantitative estimate of drug-likeness (QED) is 0.511. The molecular formula is C6H12O. The van der Waals surface area contributed by atoms with Gasteiger partial charge in [-0.1, -0.05) is 0 Å². The molecule has 42 valence electrons. The number of hydrogen-bond acceptors (Lipinski definition) is 1. The second-order valence-electron chi connectivity index (χ2n) is 2.17. The first-order chi connectivity index (χ1) is 3.12. The van der Waals surface area contributed by atoms with E-state index in [-0.39, 0.29) is 5.60 Å². The van der Waals surface area contributed by atoms with Crippen LogP contribution in [-0.2, 0) is 4.74 Å². The van der Waals surface area contributed by atoms with Crippen molar-refractivity contribution in [1.82, 2.24) is 0 Å². The van der Waals surface area contributed by atoms with Crippen molar-refractivity contribution in [3.8, 4) is 0 Å². The Morgan fingerprint density at radius 3 is 2.00 bits per heavy atom. The van der Waals surface area contributed by atoms with Crippen LogP contribution in [0.1, 0.15) is 20.3 Å². The number of ether oxygens (including phenoxy) is 1. The Morgan fingerprint density at radius 1 is 1.57 bits per heavy atom. The summed E-state index contributed by atoms with van der Waals surface area (Å²) in [4.78, 5) is 0. The van der Waals surface area contributed by atoms with Crippen LogP contribution >= 0.6 is 0 Å². The standard InChI is InChI=1S/C6H12O/c1-5-6(2,3)7-4/h1H,5H2,2-4H3. The van der Waals surface area contributed by atoms with Gasteiger partial charge in [0.1, 0.15) is 0 Å². The molecule has 0 saturated heterocycles. The fourth-order valence-electron chi connectivity index (χ4n) is 0.0833. The average molecular weight is 100 g/mol. The van der Waals surface area contributed by atoms with Crippen LogP contribution in [0.3, 0.4) is 0 Å². The van der Waals surface area contributed by atoms with Crippen molar-refractivity contribution < 1.29 is 4.74 Å². The molecule has 0 aromatic heterocycles. The van der Waals surface area contributed by atoms with Crippen LogP contribution in [0, 0.1) is 6.92 Å². The minimum atomic E-state index is -0.139. The van der Waals surface area contributed by atoms with E-state index in [0.29, 0.717) is 6.42 Å². The Morgan fingerprint density at radius 2 is 2.00 bits per heavy atom. The lowest BCUT2D eigenvalue weighted by Crippen LogP contribution is -2.20. The van der Waals surface area contributed by atoms with Gasteiger partial charge in [-0.15, -0.1) is 0 Å². The molecule has 0 aromatic rings. The third-order valence-electron chi connectivity index (χ3n) is 1.04. The minimum Gasteiger partial charge on any atom is -0.379 e. The highest BCUT2D eigenvalue weighted by atomic mass is 16.5. The minimum absolute atomic E-state index is 0.139. The molecule has 1 nitrogen and oxygen atoms in total. The molecule has 0 aliphatic heterocycles. The van der Waals surface area contributed by atoms with Crippen LogP contribution in [0.4, 0.5) is 0 Å². The highest BCUT2D eigenvalue weighted by Crippen LogP contribution is 2.09. The van der Waals surface area contributed by atoms with E-state index in [1.807, 2.05) is 13.8 Å². The first-order valence-electron chi connectivity index (χ1n) is 2.37. The Hall–Kier alpha value is -0.0400. The lowest BCUT2D eigenvalue weighted by atomic mass is 10.1. The number of methoxy groups -OCH3 is 1.